The second-order valence-electron chi connectivity index (χ2n) is 2.84. The normalized spacial score (nSPS) is 12.1. The molecule has 3 N–H and O–H groups in total. The van der Waals surface area contributed by atoms with E-state index in [1.54, 1.807) is 18.2 Å². The van der Waals surface area contributed by atoms with Crippen LogP contribution in [-0.2, 0) is 0 Å². The summed E-state index contributed by atoms with van der Waals surface area (Å²) in [7, 11) is 0. The largest absolute Gasteiger partial charge is 0.398 e. The summed E-state index contributed by atoms with van der Waals surface area (Å²) >= 11 is 0. The van der Waals surface area contributed by atoms with Crippen molar-refractivity contribution in [3.8, 4) is 6.07 Å². The number of hydrogen-bond acceptors (Lipinski definition) is 3. The lowest BCUT2D eigenvalue weighted by atomic mass is 9.99. The van der Waals surface area contributed by atoms with Crippen molar-refractivity contribution < 1.29 is 5.11 Å². The Labute approximate surface area is 77.4 Å². The zero-order valence-corrected chi connectivity index (χ0v) is 7.49. The van der Waals surface area contributed by atoms with Gasteiger partial charge in [0.2, 0.25) is 0 Å². The first-order valence-electron chi connectivity index (χ1n) is 4.17. The lowest BCUT2D eigenvalue weighted by Crippen LogP contribution is -2.03. The third-order valence-electron chi connectivity index (χ3n) is 1.98. The molecule has 0 amide bonds. The number of hydrogen-bond donors (Lipinski definition) is 2. The molecule has 0 aliphatic rings. The quantitative estimate of drug-likeness (QED) is 0.672. The third-order valence-corrected chi connectivity index (χ3v) is 1.98. The van der Waals surface area contributed by atoms with E-state index in [0.29, 0.717) is 23.2 Å². The van der Waals surface area contributed by atoms with Gasteiger partial charge in [0.25, 0.3) is 0 Å². The van der Waals surface area contributed by atoms with E-state index in [0.717, 1.165) is 0 Å². The monoisotopic (exact) mass is 176 g/mol. The molecule has 3 heteroatoms. The van der Waals surface area contributed by atoms with Gasteiger partial charge < -0.3 is 10.8 Å². The standard InChI is InChI=1S/C10H12N2O/c1-2-9(13)10-7(6-11)4-3-5-8(10)12/h3-5,9,13H,2,12H2,1H3. The number of nitriles is 1. The maximum Gasteiger partial charge on any atom is 0.0996 e. The summed E-state index contributed by atoms with van der Waals surface area (Å²) in [6.45, 7) is 1.85. The van der Waals surface area contributed by atoms with Crippen molar-refractivity contribution in [2.24, 2.45) is 0 Å². The van der Waals surface area contributed by atoms with Crippen LogP contribution in [0.25, 0.3) is 0 Å². The highest BCUT2D eigenvalue weighted by Crippen LogP contribution is 2.25. The zero-order valence-electron chi connectivity index (χ0n) is 7.49. The van der Waals surface area contributed by atoms with Crippen LogP contribution in [0, 0.1) is 11.3 Å². The maximum atomic E-state index is 9.59. The van der Waals surface area contributed by atoms with Gasteiger partial charge in [0.15, 0.2) is 0 Å². The predicted octanol–water partition coefficient (Wildman–Crippen LogP) is 1.58. The molecule has 3 nitrogen and oxygen atoms in total. The van der Waals surface area contributed by atoms with Crippen molar-refractivity contribution in [1.82, 2.24) is 0 Å². The molecule has 0 bridgehead atoms. The molecular formula is C10H12N2O. The van der Waals surface area contributed by atoms with Gasteiger partial charge in [-0.3, -0.25) is 0 Å². The summed E-state index contributed by atoms with van der Waals surface area (Å²) in [5.41, 5.74) is 7.14. The Hall–Kier alpha value is -1.53. The van der Waals surface area contributed by atoms with Crippen molar-refractivity contribution >= 4 is 5.69 Å². The SMILES string of the molecule is CCC(O)c1c(N)cccc1C#N. The van der Waals surface area contributed by atoms with Gasteiger partial charge in [-0.25, -0.2) is 0 Å². The van der Waals surface area contributed by atoms with Gasteiger partial charge in [0.05, 0.1) is 17.7 Å². The molecule has 13 heavy (non-hydrogen) atoms. The lowest BCUT2D eigenvalue weighted by molar-refractivity contribution is 0.174. The molecule has 0 saturated heterocycles. The van der Waals surface area contributed by atoms with Crippen LogP contribution in [0.4, 0.5) is 5.69 Å². The number of benzene rings is 1. The van der Waals surface area contributed by atoms with Crippen molar-refractivity contribution in [2.45, 2.75) is 19.4 Å². The summed E-state index contributed by atoms with van der Waals surface area (Å²) in [6.07, 6.45) is -0.0843. The van der Waals surface area contributed by atoms with Crippen LogP contribution in [-0.4, -0.2) is 5.11 Å². The summed E-state index contributed by atoms with van der Waals surface area (Å²) in [5, 5.41) is 18.4. The van der Waals surface area contributed by atoms with Gasteiger partial charge in [-0.15, -0.1) is 0 Å². The van der Waals surface area contributed by atoms with Crippen molar-refractivity contribution in [3.63, 3.8) is 0 Å². The smallest absolute Gasteiger partial charge is 0.0996 e. The Kier molecular flexibility index (Phi) is 2.88. The van der Waals surface area contributed by atoms with Crippen molar-refractivity contribution in [3.05, 3.63) is 29.3 Å². The Morgan fingerprint density at radius 2 is 2.31 bits per heavy atom. The second kappa shape index (κ2) is 3.92. The average Bonchev–Trinajstić information content (AvgIpc) is 2.16. The minimum Gasteiger partial charge on any atom is -0.398 e. The third kappa shape index (κ3) is 1.79. The number of nitrogens with zero attached hydrogens (tertiary/aromatic N) is 1. The molecule has 0 aliphatic heterocycles. The van der Waals surface area contributed by atoms with Crippen LogP contribution < -0.4 is 5.73 Å². The van der Waals surface area contributed by atoms with E-state index in [9.17, 15) is 5.11 Å². The highest BCUT2D eigenvalue weighted by Gasteiger charge is 2.13. The highest BCUT2D eigenvalue weighted by molar-refractivity contribution is 5.56. The molecule has 0 radical (unpaired) electrons. The number of nitrogens with two attached hydrogens (primary N) is 1. The van der Waals surface area contributed by atoms with Crippen molar-refractivity contribution in [1.29, 1.82) is 5.26 Å². The lowest BCUT2D eigenvalue weighted by Gasteiger charge is -2.12. The summed E-state index contributed by atoms with van der Waals surface area (Å²) < 4.78 is 0. The average molecular weight is 176 g/mol. The molecule has 0 aliphatic carbocycles. The van der Waals surface area contributed by atoms with Gasteiger partial charge in [-0.1, -0.05) is 13.0 Å². The fourth-order valence-electron chi connectivity index (χ4n) is 1.26. The van der Waals surface area contributed by atoms with E-state index in [1.807, 2.05) is 13.0 Å². The van der Waals surface area contributed by atoms with E-state index < -0.39 is 6.10 Å². The van der Waals surface area contributed by atoms with Gasteiger partial charge in [0, 0.05) is 11.3 Å². The number of nitrogen functional groups attached to an aromatic ring is 1. The maximum absolute atomic E-state index is 9.59. The summed E-state index contributed by atoms with van der Waals surface area (Å²) in [6, 6.07) is 7.07. The van der Waals surface area contributed by atoms with Gasteiger partial charge >= 0.3 is 0 Å². The molecule has 0 aromatic heterocycles. The Morgan fingerprint density at radius 3 is 2.85 bits per heavy atom. The fourth-order valence-corrected chi connectivity index (χ4v) is 1.26. The van der Waals surface area contributed by atoms with Crippen LogP contribution >= 0.6 is 0 Å². The van der Waals surface area contributed by atoms with Gasteiger partial charge in [-0.05, 0) is 18.6 Å². The van der Waals surface area contributed by atoms with E-state index in [4.69, 9.17) is 11.0 Å². The molecule has 68 valence electrons. The van der Waals surface area contributed by atoms with Gasteiger partial charge in [-0.2, -0.15) is 5.26 Å². The first-order chi connectivity index (χ1) is 6.20. The Balaban J connectivity index is 3.24. The molecule has 0 fully saturated rings. The second-order valence-corrected chi connectivity index (χ2v) is 2.84. The Bertz CT molecular complexity index is 341. The number of aliphatic hydroxyl groups excluding tert-OH is 1. The van der Waals surface area contributed by atoms with E-state index >= 15 is 0 Å². The van der Waals surface area contributed by atoms with E-state index in [-0.39, 0.29) is 0 Å². The topological polar surface area (TPSA) is 70.0 Å². The summed E-state index contributed by atoms with van der Waals surface area (Å²) in [5.74, 6) is 0. The fraction of sp³-hybridized carbons (Fsp3) is 0.300. The van der Waals surface area contributed by atoms with Crippen LogP contribution in [0.15, 0.2) is 18.2 Å². The first kappa shape index (κ1) is 9.56. The van der Waals surface area contributed by atoms with Crippen LogP contribution in [0.3, 0.4) is 0 Å². The highest BCUT2D eigenvalue weighted by atomic mass is 16.3. The Morgan fingerprint density at radius 1 is 1.62 bits per heavy atom. The minimum absolute atomic E-state index is 0.453. The number of aliphatic hydroxyl groups is 1. The predicted molar refractivity (Wildman–Crippen MR) is 50.8 cm³/mol. The van der Waals surface area contributed by atoms with E-state index in [1.165, 1.54) is 0 Å². The van der Waals surface area contributed by atoms with Crippen LogP contribution in [0.1, 0.15) is 30.6 Å². The molecule has 0 heterocycles. The molecule has 0 saturated carbocycles. The molecule has 1 rings (SSSR count). The molecule has 1 unspecified atom stereocenters. The summed E-state index contributed by atoms with van der Waals surface area (Å²) in [4.78, 5) is 0. The molecule has 1 aromatic rings. The minimum atomic E-state index is -0.643. The van der Waals surface area contributed by atoms with Gasteiger partial charge in [0.1, 0.15) is 0 Å². The molecule has 0 spiro atoms. The van der Waals surface area contributed by atoms with Crippen LogP contribution in [0.2, 0.25) is 0 Å². The van der Waals surface area contributed by atoms with Crippen LogP contribution in [0.5, 0.6) is 0 Å². The molecule has 1 atom stereocenters. The number of rotatable bonds is 2. The first-order valence-corrected chi connectivity index (χ1v) is 4.17. The molecule has 1 aromatic carbocycles. The zero-order chi connectivity index (χ0) is 9.84. The van der Waals surface area contributed by atoms with Crippen molar-refractivity contribution in [2.75, 3.05) is 5.73 Å². The number of anilines is 1. The molecular weight excluding hydrogens is 164 g/mol. The van der Waals surface area contributed by atoms with E-state index in [2.05, 4.69) is 0 Å².